The van der Waals surface area contributed by atoms with Gasteiger partial charge < -0.3 is 25.0 Å². The molecule has 1 saturated heterocycles. The molecule has 0 saturated carbocycles. The van der Waals surface area contributed by atoms with Crippen molar-refractivity contribution in [3.8, 4) is 11.5 Å². The Bertz CT molecular complexity index is 731. The van der Waals surface area contributed by atoms with Gasteiger partial charge in [-0.05, 0) is 37.3 Å². The molecular weight excluding hydrogens is 406 g/mol. The number of nitrogens with zero attached hydrogens (tertiary/aromatic N) is 2. The van der Waals surface area contributed by atoms with Crippen molar-refractivity contribution in [2.24, 2.45) is 10.9 Å². The van der Waals surface area contributed by atoms with E-state index in [1.165, 1.54) is 12.5 Å². The topological polar surface area (TPSA) is 75.2 Å². The van der Waals surface area contributed by atoms with Crippen molar-refractivity contribution in [2.45, 2.75) is 52.7 Å². The van der Waals surface area contributed by atoms with Crippen molar-refractivity contribution in [2.75, 3.05) is 33.3 Å². The number of alkyl halides is 2. The monoisotopic (exact) mass is 440 g/mol. The quantitative estimate of drug-likeness (QED) is 0.431. The second-order valence-corrected chi connectivity index (χ2v) is 7.69. The molecule has 1 heterocycles. The minimum atomic E-state index is -2.93. The lowest BCUT2D eigenvalue weighted by atomic mass is 10.00. The molecule has 7 nitrogen and oxygen atoms in total. The van der Waals surface area contributed by atoms with Crippen LogP contribution < -0.4 is 20.1 Å². The van der Waals surface area contributed by atoms with Crippen LogP contribution in [0.3, 0.4) is 0 Å². The van der Waals surface area contributed by atoms with Crippen LogP contribution >= 0.6 is 0 Å². The van der Waals surface area contributed by atoms with Crippen LogP contribution in [-0.4, -0.2) is 56.7 Å². The van der Waals surface area contributed by atoms with E-state index in [-0.39, 0.29) is 18.2 Å². The van der Waals surface area contributed by atoms with Crippen LogP contribution in [0.1, 0.15) is 45.1 Å². The van der Waals surface area contributed by atoms with E-state index in [0.717, 1.165) is 25.9 Å². The average molecular weight is 441 g/mol. The SMILES string of the molecule is CCCOc1ccc(CNC(=NC)NCCC(=O)N2CCCC(C)C2)c(OC(F)F)c1. The number of hydrogen-bond donors (Lipinski definition) is 2. The number of rotatable bonds is 10. The maximum atomic E-state index is 12.8. The fraction of sp³-hybridized carbons (Fsp3) is 0.636. The van der Waals surface area contributed by atoms with Crippen LogP contribution in [0, 0.1) is 5.92 Å². The summed E-state index contributed by atoms with van der Waals surface area (Å²) in [7, 11) is 1.61. The number of nitrogens with one attached hydrogen (secondary N) is 2. The number of carbonyl (C=O) groups is 1. The normalized spacial score (nSPS) is 16.9. The van der Waals surface area contributed by atoms with Gasteiger partial charge in [0.15, 0.2) is 5.96 Å². The lowest BCUT2D eigenvalue weighted by Gasteiger charge is -2.31. The molecule has 1 unspecified atom stereocenters. The van der Waals surface area contributed by atoms with Crippen LogP contribution in [0.25, 0.3) is 0 Å². The summed E-state index contributed by atoms with van der Waals surface area (Å²) in [6, 6.07) is 4.87. The summed E-state index contributed by atoms with van der Waals surface area (Å²) in [5.41, 5.74) is 0.547. The summed E-state index contributed by atoms with van der Waals surface area (Å²) in [5, 5.41) is 6.17. The van der Waals surface area contributed by atoms with E-state index in [4.69, 9.17) is 4.74 Å². The number of aliphatic imine (C=N–C) groups is 1. The Morgan fingerprint density at radius 1 is 1.35 bits per heavy atom. The minimum absolute atomic E-state index is 0.0564. The standard InChI is InChI=1S/C22H34F2N4O3/c1-4-12-30-18-8-7-17(19(13-18)31-21(23)24)14-27-22(25-3)26-10-9-20(29)28-11-5-6-16(2)15-28/h7-8,13,16,21H,4-6,9-12,14-15H2,1-3H3,(H2,25,26,27). The number of piperidine rings is 1. The van der Waals surface area contributed by atoms with Gasteiger partial charge in [-0.1, -0.05) is 13.8 Å². The van der Waals surface area contributed by atoms with Crippen LogP contribution in [0.2, 0.25) is 0 Å². The molecule has 1 aromatic carbocycles. The molecule has 1 aliphatic rings. The number of guanidine groups is 1. The van der Waals surface area contributed by atoms with E-state index >= 15 is 0 Å². The van der Waals surface area contributed by atoms with Gasteiger partial charge in [0, 0.05) is 51.3 Å². The van der Waals surface area contributed by atoms with Crippen molar-refractivity contribution in [3.63, 3.8) is 0 Å². The molecule has 0 radical (unpaired) electrons. The Kier molecular flexibility index (Phi) is 10.3. The molecule has 1 fully saturated rings. The first kappa shape index (κ1) is 24.7. The molecule has 2 N–H and O–H groups in total. The molecule has 1 atom stereocenters. The summed E-state index contributed by atoms with van der Waals surface area (Å²) in [5.74, 6) is 1.69. The number of hydrogen-bond acceptors (Lipinski definition) is 4. The first-order chi connectivity index (χ1) is 14.9. The van der Waals surface area contributed by atoms with E-state index < -0.39 is 6.61 Å². The van der Waals surface area contributed by atoms with E-state index in [0.29, 0.717) is 42.8 Å². The maximum Gasteiger partial charge on any atom is 0.387 e. The highest BCUT2D eigenvalue weighted by molar-refractivity contribution is 5.81. The summed E-state index contributed by atoms with van der Waals surface area (Å²) >= 11 is 0. The predicted octanol–water partition coefficient (Wildman–Crippen LogP) is 3.39. The first-order valence-electron chi connectivity index (χ1n) is 10.9. The van der Waals surface area contributed by atoms with Gasteiger partial charge in [-0.3, -0.25) is 9.79 Å². The molecule has 31 heavy (non-hydrogen) atoms. The zero-order valence-electron chi connectivity index (χ0n) is 18.6. The lowest BCUT2D eigenvalue weighted by Crippen LogP contribution is -2.42. The Hall–Kier alpha value is -2.58. The predicted molar refractivity (Wildman–Crippen MR) is 117 cm³/mol. The fourth-order valence-electron chi connectivity index (χ4n) is 3.46. The van der Waals surface area contributed by atoms with Crippen molar-refractivity contribution < 1.29 is 23.0 Å². The molecule has 174 valence electrons. The zero-order valence-corrected chi connectivity index (χ0v) is 18.6. The molecule has 0 aromatic heterocycles. The number of ether oxygens (including phenoxy) is 2. The number of likely N-dealkylation sites (tertiary alicyclic amines) is 1. The van der Waals surface area contributed by atoms with Gasteiger partial charge in [-0.2, -0.15) is 8.78 Å². The molecule has 0 bridgehead atoms. The summed E-state index contributed by atoms with van der Waals surface area (Å²) < 4.78 is 35.8. The average Bonchev–Trinajstić information content (AvgIpc) is 2.75. The van der Waals surface area contributed by atoms with Gasteiger partial charge in [-0.25, -0.2) is 0 Å². The maximum absolute atomic E-state index is 12.8. The number of halogens is 2. The Balaban J connectivity index is 1.86. The second kappa shape index (κ2) is 13.0. The molecule has 9 heteroatoms. The third-order valence-electron chi connectivity index (χ3n) is 5.04. The third-order valence-corrected chi connectivity index (χ3v) is 5.04. The van der Waals surface area contributed by atoms with E-state index in [2.05, 4.69) is 27.3 Å². The van der Waals surface area contributed by atoms with E-state index in [1.807, 2.05) is 11.8 Å². The van der Waals surface area contributed by atoms with E-state index in [9.17, 15) is 13.6 Å². The highest BCUT2D eigenvalue weighted by atomic mass is 19.3. The van der Waals surface area contributed by atoms with Gasteiger partial charge in [0.1, 0.15) is 11.5 Å². The summed E-state index contributed by atoms with van der Waals surface area (Å²) in [4.78, 5) is 18.4. The van der Waals surface area contributed by atoms with Crippen molar-refractivity contribution in [1.82, 2.24) is 15.5 Å². The van der Waals surface area contributed by atoms with Gasteiger partial charge in [0.2, 0.25) is 5.91 Å². The van der Waals surface area contributed by atoms with Gasteiger partial charge in [0.05, 0.1) is 6.61 Å². The molecule has 1 aliphatic heterocycles. The summed E-state index contributed by atoms with van der Waals surface area (Å²) in [6.45, 7) is 4.00. The molecular formula is C22H34F2N4O3. The van der Waals surface area contributed by atoms with Crippen LogP contribution in [0.5, 0.6) is 11.5 Å². The Morgan fingerprint density at radius 2 is 2.16 bits per heavy atom. The smallest absolute Gasteiger partial charge is 0.387 e. The summed E-state index contributed by atoms with van der Waals surface area (Å²) in [6.07, 6.45) is 3.41. The third kappa shape index (κ3) is 8.59. The number of carbonyl (C=O) groups excluding carboxylic acids is 1. The van der Waals surface area contributed by atoms with Crippen LogP contribution in [0.4, 0.5) is 8.78 Å². The van der Waals surface area contributed by atoms with Gasteiger partial charge in [-0.15, -0.1) is 0 Å². The second-order valence-electron chi connectivity index (χ2n) is 7.69. The molecule has 1 aromatic rings. The van der Waals surface area contributed by atoms with Crippen molar-refractivity contribution in [1.29, 1.82) is 0 Å². The van der Waals surface area contributed by atoms with Crippen LogP contribution in [-0.2, 0) is 11.3 Å². The van der Waals surface area contributed by atoms with Crippen molar-refractivity contribution in [3.05, 3.63) is 23.8 Å². The Labute approximate surface area is 183 Å². The molecule has 0 aliphatic carbocycles. The lowest BCUT2D eigenvalue weighted by molar-refractivity contribution is -0.132. The molecule has 0 spiro atoms. The Morgan fingerprint density at radius 3 is 2.84 bits per heavy atom. The van der Waals surface area contributed by atoms with Gasteiger partial charge >= 0.3 is 6.61 Å². The largest absolute Gasteiger partial charge is 0.493 e. The minimum Gasteiger partial charge on any atom is -0.493 e. The zero-order chi connectivity index (χ0) is 22.6. The number of benzene rings is 1. The highest BCUT2D eigenvalue weighted by Crippen LogP contribution is 2.26. The number of amides is 1. The molecule has 2 rings (SSSR count). The van der Waals surface area contributed by atoms with E-state index in [1.54, 1.807) is 19.2 Å². The first-order valence-corrected chi connectivity index (χ1v) is 10.9. The molecule has 1 amide bonds. The van der Waals surface area contributed by atoms with Crippen LogP contribution in [0.15, 0.2) is 23.2 Å². The van der Waals surface area contributed by atoms with Crippen molar-refractivity contribution >= 4 is 11.9 Å². The van der Waals surface area contributed by atoms with Gasteiger partial charge in [0.25, 0.3) is 0 Å². The fourth-order valence-corrected chi connectivity index (χ4v) is 3.46. The highest BCUT2D eigenvalue weighted by Gasteiger charge is 2.20.